The van der Waals surface area contributed by atoms with Crippen molar-refractivity contribution in [2.24, 2.45) is 11.3 Å². The van der Waals surface area contributed by atoms with E-state index in [1.165, 1.54) is 18.2 Å². The van der Waals surface area contributed by atoms with Crippen LogP contribution in [0.1, 0.15) is 76.3 Å². The Balaban J connectivity index is 1.69. The molecule has 2 aliphatic heterocycles. The van der Waals surface area contributed by atoms with Gasteiger partial charge in [-0.3, -0.25) is 9.59 Å². The van der Waals surface area contributed by atoms with Crippen LogP contribution in [0.25, 0.3) is 0 Å². The highest BCUT2D eigenvalue weighted by Gasteiger charge is 2.66. The second-order valence-corrected chi connectivity index (χ2v) is 13.4. The lowest BCUT2D eigenvalue weighted by Gasteiger charge is -2.38. The fourth-order valence-corrected chi connectivity index (χ4v) is 7.32. The average Bonchev–Trinajstić information content (AvgIpc) is 3.32. The van der Waals surface area contributed by atoms with Gasteiger partial charge in [0.1, 0.15) is 17.0 Å². The molecule has 0 unspecified atom stereocenters. The van der Waals surface area contributed by atoms with Crippen molar-refractivity contribution >= 4 is 40.6 Å². The van der Waals surface area contributed by atoms with Crippen molar-refractivity contribution in [2.75, 3.05) is 5.32 Å². The number of nitrogens with one attached hydrogen (secondary N) is 2. The first-order valence-electron chi connectivity index (χ1n) is 13.5. The predicted octanol–water partition coefficient (Wildman–Crippen LogP) is 6.53. The van der Waals surface area contributed by atoms with Gasteiger partial charge in [0.25, 0.3) is 0 Å². The van der Waals surface area contributed by atoms with Crippen LogP contribution < -0.4 is 10.6 Å². The Morgan fingerprint density at radius 2 is 1.79 bits per heavy atom. The smallest absolute Gasteiger partial charge is 0.237 e. The number of rotatable bonds is 5. The second-order valence-electron chi connectivity index (χ2n) is 12.6. The number of benzene rings is 2. The molecule has 1 saturated heterocycles. The van der Waals surface area contributed by atoms with Gasteiger partial charge in [-0.25, -0.2) is 8.78 Å². The van der Waals surface area contributed by atoms with Gasteiger partial charge in [-0.15, -0.1) is 0 Å². The Morgan fingerprint density at radius 1 is 1.10 bits per heavy atom. The van der Waals surface area contributed by atoms with Crippen molar-refractivity contribution in [3.8, 4) is 0 Å². The summed E-state index contributed by atoms with van der Waals surface area (Å²) in [6.07, 6.45) is 3.06. The molecule has 5 nitrogen and oxygen atoms in total. The summed E-state index contributed by atoms with van der Waals surface area (Å²) in [5.41, 5.74) is -0.913. The fraction of sp³-hybridized carbons (Fsp3) is 0.533. The third-order valence-corrected chi connectivity index (χ3v) is 9.25. The number of aliphatic hydroxyl groups excluding tert-OH is 1. The summed E-state index contributed by atoms with van der Waals surface area (Å²) in [6, 6.07) is 5.69. The average molecular weight is 580 g/mol. The number of carbonyl (C=O) groups excluding carboxylic acids is 2. The molecular weight excluding hydrogens is 545 g/mol. The van der Waals surface area contributed by atoms with Crippen LogP contribution in [0.3, 0.4) is 0 Å². The van der Waals surface area contributed by atoms with E-state index in [2.05, 4.69) is 10.6 Å². The molecule has 0 aromatic heterocycles. The van der Waals surface area contributed by atoms with Crippen LogP contribution in [0.4, 0.5) is 14.5 Å². The van der Waals surface area contributed by atoms with E-state index >= 15 is 4.39 Å². The summed E-state index contributed by atoms with van der Waals surface area (Å²) < 4.78 is 30.8. The summed E-state index contributed by atoms with van der Waals surface area (Å²) in [5.74, 6) is -2.84. The first kappa shape index (κ1) is 28.5. The first-order chi connectivity index (χ1) is 18.3. The van der Waals surface area contributed by atoms with E-state index in [4.69, 9.17) is 23.2 Å². The molecule has 1 amide bonds. The number of amides is 1. The summed E-state index contributed by atoms with van der Waals surface area (Å²) in [7, 11) is 0. The molecule has 2 heterocycles. The third kappa shape index (κ3) is 5.01. The molecule has 3 N–H and O–H groups in total. The van der Waals surface area contributed by atoms with Crippen molar-refractivity contribution in [3.63, 3.8) is 0 Å². The topological polar surface area (TPSA) is 78.4 Å². The van der Waals surface area contributed by atoms with Gasteiger partial charge in [-0.05, 0) is 72.8 Å². The number of halogens is 4. The van der Waals surface area contributed by atoms with Crippen LogP contribution in [0.5, 0.6) is 0 Å². The van der Waals surface area contributed by atoms with Crippen LogP contribution in [-0.4, -0.2) is 35.0 Å². The molecule has 5 rings (SSSR count). The molecule has 1 saturated carbocycles. The standard InChI is InChI=1S/C30H34Cl2F2N2O3/c1-29(2,3)14-24-30(18-12-21(33)20(32)13-22(18)35-28(30)39)25(17-5-4-6-19(31)26(17)34)27(36-24)23(38)11-15-7-9-16(37)10-8-15/h4-6,12-13,15-16,24-25,27,36-37H,7-11,14H2,1-3H3,(H,35,39)/t15?,16?,24-,25-,27-,30+/m0/s1. The normalized spacial score (nSPS) is 30.5. The monoisotopic (exact) mass is 578 g/mol. The van der Waals surface area contributed by atoms with Gasteiger partial charge in [0.15, 0.2) is 5.78 Å². The van der Waals surface area contributed by atoms with Gasteiger partial charge in [-0.1, -0.05) is 56.1 Å². The maximum atomic E-state index is 15.8. The van der Waals surface area contributed by atoms with Gasteiger partial charge in [0.2, 0.25) is 5.91 Å². The predicted molar refractivity (Wildman–Crippen MR) is 148 cm³/mol. The van der Waals surface area contributed by atoms with Crippen LogP contribution in [0.15, 0.2) is 30.3 Å². The lowest BCUT2D eigenvalue weighted by atomic mass is 9.62. The van der Waals surface area contributed by atoms with Crippen molar-refractivity contribution in [3.05, 3.63) is 63.1 Å². The molecule has 4 atom stereocenters. The van der Waals surface area contributed by atoms with E-state index in [1.54, 1.807) is 12.1 Å². The summed E-state index contributed by atoms with van der Waals surface area (Å²) in [5, 5.41) is 16.0. The van der Waals surface area contributed by atoms with Gasteiger partial charge >= 0.3 is 0 Å². The zero-order valence-corrected chi connectivity index (χ0v) is 23.8. The van der Waals surface area contributed by atoms with Crippen LogP contribution in [0, 0.1) is 23.0 Å². The highest BCUT2D eigenvalue weighted by molar-refractivity contribution is 6.31. The SMILES string of the molecule is CC(C)(C)C[C@@H]1N[C@@H](C(=O)CC2CCC(O)CC2)[C@H](c2cccc(Cl)c2F)[C@]12C(=O)Nc1cc(Cl)c(F)cc12. The lowest BCUT2D eigenvalue weighted by Crippen LogP contribution is -2.49. The zero-order chi connectivity index (χ0) is 28.3. The molecule has 39 heavy (non-hydrogen) atoms. The van der Waals surface area contributed by atoms with Crippen molar-refractivity contribution in [1.82, 2.24) is 5.32 Å². The van der Waals surface area contributed by atoms with E-state index in [9.17, 15) is 19.1 Å². The number of fused-ring (bicyclic) bond motifs is 2. The van der Waals surface area contributed by atoms with E-state index < -0.39 is 41.0 Å². The van der Waals surface area contributed by atoms with E-state index in [0.29, 0.717) is 30.5 Å². The van der Waals surface area contributed by atoms with Crippen molar-refractivity contribution in [2.45, 2.75) is 88.8 Å². The Bertz CT molecular complexity index is 1310. The Kier molecular flexibility index (Phi) is 7.59. The number of hydrogen-bond acceptors (Lipinski definition) is 4. The summed E-state index contributed by atoms with van der Waals surface area (Å²) >= 11 is 12.3. The molecule has 0 bridgehead atoms. The second kappa shape index (κ2) is 10.4. The summed E-state index contributed by atoms with van der Waals surface area (Å²) in [4.78, 5) is 28.2. The van der Waals surface area contributed by atoms with Crippen molar-refractivity contribution in [1.29, 1.82) is 0 Å². The molecule has 2 aromatic carbocycles. The molecular formula is C30H34Cl2F2N2O3. The Morgan fingerprint density at radius 3 is 2.46 bits per heavy atom. The van der Waals surface area contributed by atoms with Crippen LogP contribution in [0.2, 0.25) is 10.0 Å². The molecule has 1 aliphatic carbocycles. The molecule has 3 aliphatic rings. The molecule has 0 radical (unpaired) electrons. The Labute approximate surface area is 237 Å². The minimum atomic E-state index is -1.48. The molecule has 1 spiro atoms. The summed E-state index contributed by atoms with van der Waals surface area (Å²) in [6.45, 7) is 6.07. The molecule has 2 fully saturated rings. The van der Waals surface area contributed by atoms with Gasteiger partial charge in [0.05, 0.1) is 22.2 Å². The van der Waals surface area contributed by atoms with Crippen LogP contribution >= 0.6 is 23.2 Å². The largest absolute Gasteiger partial charge is 0.393 e. The number of hydrogen-bond donors (Lipinski definition) is 3. The maximum Gasteiger partial charge on any atom is 0.237 e. The molecule has 9 heteroatoms. The lowest BCUT2D eigenvalue weighted by molar-refractivity contribution is -0.123. The number of ketones is 1. The maximum absolute atomic E-state index is 15.8. The highest BCUT2D eigenvalue weighted by atomic mass is 35.5. The highest BCUT2D eigenvalue weighted by Crippen LogP contribution is 2.57. The third-order valence-electron chi connectivity index (χ3n) is 8.67. The number of carbonyl (C=O) groups is 2. The quantitative estimate of drug-likeness (QED) is 0.377. The van der Waals surface area contributed by atoms with Crippen LogP contribution in [-0.2, 0) is 15.0 Å². The number of aliphatic hydroxyl groups is 1. The minimum Gasteiger partial charge on any atom is -0.393 e. The number of anilines is 1. The van der Waals surface area contributed by atoms with E-state index in [1.807, 2.05) is 20.8 Å². The van der Waals surface area contributed by atoms with Gasteiger partial charge in [-0.2, -0.15) is 0 Å². The molecule has 210 valence electrons. The minimum absolute atomic E-state index is 0.0890. The molecule has 2 aromatic rings. The Hall–Kier alpha value is -2.06. The fourth-order valence-electron chi connectivity index (χ4n) is 6.98. The van der Waals surface area contributed by atoms with E-state index in [-0.39, 0.29) is 45.2 Å². The van der Waals surface area contributed by atoms with Gasteiger partial charge in [0, 0.05) is 24.1 Å². The zero-order valence-electron chi connectivity index (χ0n) is 22.3. The van der Waals surface area contributed by atoms with Crippen molar-refractivity contribution < 1.29 is 23.5 Å². The van der Waals surface area contributed by atoms with E-state index in [0.717, 1.165) is 12.8 Å². The van der Waals surface area contributed by atoms with Gasteiger partial charge < -0.3 is 15.7 Å². The first-order valence-corrected chi connectivity index (χ1v) is 14.3. The number of Topliss-reactive ketones (excluding diaryl/α,β-unsaturated/α-hetero) is 1.